The molecule has 0 aliphatic carbocycles. The summed E-state index contributed by atoms with van der Waals surface area (Å²) in [5.74, 6) is 0. The van der Waals surface area contributed by atoms with Crippen LogP contribution in [0, 0.1) is 13.8 Å². The molecule has 1 atom stereocenters. The standard InChI is InChI=1S/C15H19ClN2S/c1-4-14(12-5-7-13(16)8-6-12)17-9-15-10(2)18-11(3)19-15/h5-8,14,17H,4,9H2,1-3H3. The van der Waals surface area contributed by atoms with E-state index in [2.05, 4.69) is 43.2 Å². The van der Waals surface area contributed by atoms with Crippen molar-refractivity contribution in [3.8, 4) is 0 Å². The number of rotatable bonds is 5. The molecular weight excluding hydrogens is 276 g/mol. The minimum atomic E-state index is 0.360. The zero-order valence-corrected chi connectivity index (χ0v) is 13.1. The average Bonchev–Trinajstić information content (AvgIpc) is 2.71. The van der Waals surface area contributed by atoms with E-state index in [9.17, 15) is 0 Å². The number of halogens is 1. The predicted octanol–water partition coefficient (Wildman–Crippen LogP) is 4.65. The zero-order chi connectivity index (χ0) is 13.8. The molecule has 0 saturated carbocycles. The molecule has 0 aliphatic heterocycles. The lowest BCUT2D eigenvalue weighted by Crippen LogP contribution is -2.20. The van der Waals surface area contributed by atoms with Crippen molar-refractivity contribution in [2.45, 2.75) is 39.8 Å². The van der Waals surface area contributed by atoms with Crippen molar-refractivity contribution >= 4 is 22.9 Å². The molecule has 0 saturated heterocycles. The SMILES string of the molecule is CCC(NCc1sc(C)nc1C)c1ccc(Cl)cc1. The maximum Gasteiger partial charge on any atom is 0.0900 e. The van der Waals surface area contributed by atoms with Gasteiger partial charge in [0.05, 0.1) is 10.7 Å². The van der Waals surface area contributed by atoms with Crippen LogP contribution in [0.4, 0.5) is 0 Å². The highest BCUT2D eigenvalue weighted by Crippen LogP contribution is 2.22. The molecule has 1 aromatic heterocycles. The lowest BCUT2D eigenvalue weighted by Gasteiger charge is -2.17. The highest BCUT2D eigenvalue weighted by molar-refractivity contribution is 7.11. The first kappa shape index (κ1) is 14.5. The number of thiazole rings is 1. The molecule has 1 heterocycles. The number of nitrogens with zero attached hydrogens (tertiary/aromatic N) is 1. The van der Waals surface area contributed by atoms with Gasteiger partial charge in [-0.15, -0.1) is 11.3 Å². The van der Waals surface area contributed by atoms with Gasteiger partial charge >= 0.3 is 0 Å². The van der Waals surface area contributed by atoms with Crippen LogP contribution in [0.1, 0.15) is 40.5 Å². The third-order valence-corrected chi connectivity index (χ3v) is 4.51. The largest absolute Gasteiger partial charge is 0.305 e. The summed E-state index contributed by atoms with van der Waals surface area (Å²) in [4.78, 5) is 5.78. The van der Waals surface area contributed by atoms with Crippen molar-refractivity contribution in [1.82, 2.24) is 10.3 Å². The van der Waals surface area contributed by atoms with Crippen LogP contribution in [-0.2, 0) is 6.54 Å². The minimum Gasteiger partial charge on any atom is -0.305 e. The molecule has 0 spiro atoms. The Bertz CT molecular complexity index is 534. The molecule has 1 aromatic carbocycles. The molecule has 102 valence electrons. The molecule has 0 amide bonds. The summed E-state index contributed by atoms with van der Waals surface area (Å²) in [7, 11) is 0. The van der Waals surface area contributed by atoms with Crippen molar-refractivity contribution in [2.24, 2.45) is 0 Å². The van der Waals surface area contributed by atoms with Crippen molar-refractivity contribution in [3.05, 3.63) is 50.4 Å². The van der Waals surface area contributed by atoms with Gasteiger partial charge in [-0.05, 0) is 38.0 Å². The highest BCUT2D eigenvalue weighted by Gasteiger charge is 2.11. The number of hydrogen-bond acceptors (Lipinski definition) is 3. The van der Waals surface area contributed by atoms with E-state index in [-0.39, 0.29) is 0 Å². The number of nitrogens with one attached hydrogen (secondary N) is 1. The summed E-state index contributed by atoms with van der Waals surface area (Å²) in [6.07, 6.45) is 1.05. The molecule has 4 heteroatoms. The molecule has 0 aliphatic rings. The molecule has 2 aromatic rings. The second-order valence-electron chi connectivity index (χ2n) is 4.63. The van der Waals surface area contributed by atoms with E-state index in [1.807, 2.05) is 12.1 Å². The fraction of sp³-hybridized carbons (Fsp3) is 0.400. The maximum absolute atomic E-state index is 5.93. The molecule has 0 fully saturated rings. The lowest BCUT2D eigenvalue weighted by atomic mass is 10.0. The average molecular weight is 295 g/mol. The Balaban J connectivity index is 2.03. The Hall–Kier alpha value is -0.900. The molecule has 1 unspecified atom stereocenters. The van der Waals surface area contributed by atoms with Crippen molar-refractivity contribution in [2.75, 3.05) is 0 Å². The van der Waals surface area contributed by atoms with E-state index in [4.69, 9.17) is 11.6 Å². The van der Waals surface area contributed by atoms with Crippen LogP contribution < -0.4 is 5.32 Å². The van der Waals surface area contributed by atoms with E-state index in [1.165, 1.54) is 10.4 Å². The fourth-order valence-electron chi connectivity index (χ4n) is 2.15. The van der Waals surface area contributed by atoms with Gasteiger partial charge in [0.15, 0.2) is 0 Å². The van der Waals surface area contributed by atoms with E-state index >= 15 is 0 Å². The number of aromatic nitrogens is 1. The summed E-state index contributed by atoms with van der Waals surface area (Å²) in [6, 6.07) is 8.44. The summed E-state index contributed by atoms with van der Waals surface area (Å²) >= 11 is 7.70. The normalized spacial score (nSPS) is 12.6. The van der Waals surface area contributed by atoms with Crippen molar-refractivity contribution in [3.63, 3.8) is 0 Å². The predicted molar refractivity (Wildman–Crippen MR) is 82.9 cm³/mol. The van der Waals surface area contributed by atoms with Gasteiger partial charge in [0, 0.05) is 22.5 Å². The van der Waals surface area contributed by atoms with E-state index in [0.717, 1.165) is 28.7 Å². The quantitative estimate of drug-likeness (QED) is 0.868. The molecular formula is C15H19ClN2S. The number of aryl methyl sites for hydroxylation is 2. The van der Waals surface area contributed by atoms with Gasteiger partial charge in [-0.2, -0.15) is 0 Å². The van der Waals surface area contributed by atoms with E-state index < -0.39 is 0 Å². The maximum atomic E-state index is 5.93. The number of hydrogen-bond donors (Lipinski definition) is 1. The summed E-state index contributed by atoms with van der Waals surface area (Å²) < 4.78 is 0. The molecule has 0 radical (unpaired) electrons. The van der Waals surface area contributed by atoms with Gasteiger partial charge in [-0.1, -0.05) is 30.7 Å². The van der Waals surface area contributed by atoms with Crippen LogP contribution in [0.25, 0.3) is 0 Å². The van der Waals surface area contributed by atoms with Crippen LogP contribution in [0.15, 0.2) is 24.3 Å². The van der Waals surface area contributed by atoms with Crippen molar-refractivity contribution < 1.29 is 0 Å². The number of benzene rings is 1. The van der Waals surface area contributed by atoms with Crippen LogP contribution in [-0.4, -0.2) is 4.98 Å². The van der Waals surface area contributed by atoms with Gasteiger partial charge in [-0.3, -0.25) is 0 Å². The first-order valence-corrected chi connectivity index (χ1v) is 7.71. The second-order valence-corrected chi connectivity index (χ2v) is 6.36. The second kappa shape index (κ2) is 6.51. The Morgan fingerprint density at radius 3 is 2.47 bits per heavy atom. The highest BCUT2D eigenvalue weighted by atomic mass is 35.5. The molecule has 0 bridgehead atoms. The van der Waals surface area contributed by atoms with Gasteiger partial charge in [-0.25, -0.2) is 4.98 Å². The molecule has 2 nitrogen and oxygen atoms in total. The van der Waals surface area contributed by atoms with E-state index in [0.29, 0.717) is 6.04 Å². The Morgan fingerprint density at radius 2 is 1.95 bits per heavy atom. The smallest absolute Gasteiger partial charge is 0.0900 e. The Morgan fingerprint density at radius 1 is 1.26 bits per heavy atom. The third-order valence-electron chi connectivity index (χ3n) is 3.19. The van der Waals surface area contributed by atoms with Crippen LogP contribution in [0.3, 0.4) is 0 Å². The summed E-state index contributed by atoms with van der Waals surface area (Å²) in [5.41, 5.74) is 2.42. The van der Waals surface area contributed by atoms with Gasteiger partial charge < -0.3 is 5.32 Å². The van der Waals surface area contributed by atoms with Gasteiger partial charge in [0.25, 0.3) is 0 Å². The Labute approximate surface area is 123 Å². The minimum absolute atomic E-state index is 0.360. The van der Waals surface area contributed by atoms with Crippen LogP contribution >= 0.6 is 22.9 Å². The zero-order valence-electron chi connectivity index (χ0n) is 11.5. The Kier molecular flexibility index (Phi) is 4.97. The lowest BCUT2D eigenvalue weighted by molar-refractivity contribution is 0.521. The van der Waals surface area contributed by atoms with Gasteiger partial charge in [0.1, 0.15) is 0 Å². The van der Waals surface area contributed by atoms with Crippen LogP contribution in [0.5, 0.6) is 0 Å². The van der Waals surface area contributed by atoms with E-state index in [1.54, 1.807) is 11.3 Å². The summed E-state index contributed by atoms with van der Waals surface area (Å²) in [5, 5.41) is 5.52. The third kappa shape index (κ3) is 3.78. The first-order valence-electron chi connectivity index (χ1n) is 6.52. The van der Waals surface area contributed by atoms with Gasteiger partial charge in [0.2, 0.25) is 0 Å². The molecule has 2 rings (SSSR count). The molecule has 19 heavy (non-hydrogen) atoms. The monoisotopic (exact) mass is 294 g/mol. The summed E-state index contributed by atoms with van der Waals surface area (Å²) in [6.45, 7) is 7.19. The van der Waals surface area contributed by atoms with Crippen LogP contribution in [0.2, 0.25) is 5.02 Å². The van der Waals surface area contributed by atoms with Crippen molar-refractivity contribution in [1.29, 1.82) is 0 Å². The molecule has 1 N–H and O–H groups in total. The first-order chi connectivity index (χ1) is 9.10. The fourth-order valence-corrected chi connectivity index (χ4v) is 3.16. The topological polar surface area (TPSA) is 24.9 Å².